The molecule has 308 valence electrons. The van der Waals surface area contributed by atoms with Crippen LogP contribution in [-0.4, -0.2) is 140 Å². The van der Waals surface area contributed by atoms with Crippen LogP contribution in [-0.2, 0) is 23.7 Å². The maximum Gasteiger partial charge on any atom is 0.220 e. The Morgan fingerprint density at radius 1 is 0.660 bits per heavy atom. The van der Waals surface area contributed by atoms with Crippen molar-refractivity contribution < 1.29 is 64.6 Å². The van der Waals surface area contributed by atoms with Crippen LogP contribution in [0.2, 0.25) is 0 Å². The van der Waals surface area contributed by atoms with Crippen LogP contribution in [0.4, 0.5) is 0 Å². The van der Waals surface area contributed by atoms with Crippen LogP contribution >= 0.6 is 0 Å². The zero-order chi connectivity index (χ0) is 39.0. The Labute approximate surface area is 315 Å². The van der Waals surface area contributed by atoms with Crippen LogP contribution in [0.15, 0.2) is 36.5 Å². The lowest BCUT2D eigenvalue weighted by molar-refractivity contribution is -0.359. The van der Waals surface area contributed by atoms with E-state index in [9.17, 15) is 45.6 Å². The zero-order valence-corrected chi connectivity index (χ0v) is 31.7. The summed E-state index contributed by atoms with van der Waals surface area (Å²) in [6.45, 7) is 2.56. The minimum Gasteiger partial charge on any atom is -0.394 e. The van der Waals surface area contributed by atoms with Gasteiger partial charge >= 0.3 is 0 Å². The molecule has 0 saturated carbocycles. The third-order valence-electron chi connectivity index (χ3n) is 9.53. The third kappa shape index (κ3) is 17.3. The van der Waals surface area contributed by atoms with Gasteiger partial charge in [0.15, 0.2) is 12.6 Å². The number of carbonyl (C=O) groups excluding carboxylic acids is 1. The Morgan fingerprint density at radius 3 is 1.92 bits per heavy atom. The van der Waals surface area contributed by atoms with E-state index in [1.165, 1.54) is 19.3 Å². The molecular formula is C39H69NO13. The quantitative estimate of drug-likeness (QED) is 0.0432. The molecule has 2 heterocycles. The molecule has 0 spiro atoms. The number of amides is 1. The van der Waals surface area contributed by atoms with E-state index in [0.717, 1.165) is 57.8 Å². The Balaban J connectivity index is 1.95. The summed E-state index contributed by atoms with van der Waals surface area (Å²) in [5.41, 5.74) is 0. The Bertz CT molecular complexity index is 1040. The van der Waals surface area contributed by atoms with Crippen LogP contribution in [0, 0.1) is 0 Å². The van der Waals surface area contributed by atoms with Gasteiger partial charge in [0, 0.05) is 6.42 Å². The Morgan fingerprint density at radius 2 is 1.25 bits per heavy atom. The van der Waals surface area contributed by atoms with E-state index in [4.69, 9.17) is 18.9 Å². The Kier molecular flexibility index (Phi) is 24.8. The van der Waals surface area contributed by atoms with Crippen molar-refractivity contribution in [2.24, 2.45) is 0 Å². The molecule has 2 aliphatic rings. The number of rotatable bonds is 27. The fourth-order valence-corrected chi connectivity index (χ4v) is 6.19. The van der Waals surface area contributed by atoms with Gasteiger partial charge in [-0.2, -0.15) is 0 Å². The van der Waals surface area contributed by atoms with Gasteiger partial charge in [-0.3, -0.25) is 4.79 Å². The third-order valence-corrected chi connectivity index (χ3v) is 9.53. The SMILES string of the molecule is CCC/C=C/CC/C=C/C(O)C(COC1OC(CO)C(OC2OC(CO)C(O)C(O)C2O)C(O)C1O)NC(=O)CCCCCCC/C=C\CCCCC. The maximum absolute atomic E-state index is 13.0. The van der Waals surface area contributed by atoms with E-state index in [1.54, 1.807) is 6.08 Å². The highest BCUT2D eigenvalue weighted by Gasteiger charge is 2.50. The summed E-state index contributed by atoms with van der Waals surface area (Å²) in [5.74, 6) is -0.269. The van der Waals surface area contributed by atoms with E-state index in [0.29, 0.717) is 12.8 Å². The predicted octanol–water partition coefficient (Wildman–Crippen LogP) is 2.03. The van der Waals surface area contributed by atoms with Crippen molar-refractivity contribution in [3.8, 4) is 0 Å². The average Bonchev–Trinajstić information content (AvgIpc) is 3.15. The fraction of sp³-hybridized carbons (Fsp3) is 0.821. The maximum atomic E-state index is 13.0. The number of carbonyl (C=O) groups is 1. The molecule has 0 aliphatic carbocycles. The van der Waals surface area contributed by atoms with Gasteiger partial charge in [-0.15, -0.1) is 0 Å². The standard InChI is InChI=1S/C39H69NO13/c1-3-5-7-9-11-12-13-14-15-17-19-21-23-31(44)40-27(28(43)22-20-18-16-10-8-6-4-2)26-50-38-36(49)34(47)37(30(25-42)52-38)53-39-35(48)33(46)32(45)29(24-41)51-39/h8,10-12,20,22,27-30,32-39,41-43,45-49H,3-7,9,13-19,21,23-26H2,1-2H3,(H,40,44)/b10-8+,12-11-,22-20+. The minimum atomic E-state index is -1.79. The highest BCUT2D eigenvalue weighted by atomic mass is 16.7. The van der Waals surface area contributed by atoms with Gasteiger partial charge in [0.2, 0.25) is 5.91 Å². The van der Waals surface area contributed by atoms with Crippen LogP contribution in [0.3, 0.4) is 0 Å². The van der Waals surface area contributed by atoms with E-state index >= 15 is 0 Å². The lowest BCUT2D eigenvalue weighted by Crippen LogP contribution is -2.65. The molecule has 0 aromatic heterocycles. The van der Waals surface area contributed by atoms with Crippen LogP contribution in [0.25, 0.3) is 0 Å². The van der Waals surface area contributed by atoms with Crippen LogP contribution in [0.1, 0.15) is 110 Å². The topological polar surface area (TPSA) is 228 Å². The molecule has 12 unspecified atom stereocenters. The monoisotopic (exact) mass is 759 g/mol. The number of aliphatic hydroxyl groups is 8. The number of hydrogen-bond donors (Lipinski definition) is 9. The summed E-state index contributed by atoms with van der Waals surface area (Å²) in [6.07, 6.45) is 9.58. The second-order valence-electron chi connectivity index (χ2n) is 14.0. The number of nitrogens with one attached hydrogen (secondary N) is 1. The lowest BCUT2D eigenvalue weighted by atomic mass is 9.97. The van der Waals surface area contributed by atoms with Crippen molar-refractivity contribution in [3.63, 3.8) is 0 Å². The normalized spacial score (nSPS) is 30.8. The summed E-state index contributed by atoms with van der Waals surface area (Å²) in [4.78, 5) is 13.0. The molecule has 0 aromatic carbocycles. The van der Waals surface area contributed by atoms with Crippen molar-refractivity contribution in [1.29, 1.82) is 0 Å². The highest BCUT2D eigenvalue weighted by Crippen LogP contribution is 2.29. The van der Waals surface area contributed by atoms with Gasteiger partial charge in [0.25, 0.3) is 0 Å². The van der Waals surface area contributed by atoms with Crippen molar-refractivity contribution in [2.75, 3.05) is 19.8 Å². The van der Waals surface area contributed by atoms with Gasteiger partial charge in [0.05, 0.1) is 32.0 Å². The number of hydrogen-bond acceptors (Lipinski definition) is 13. The molecule has 53 heavy (non-hydrogen) atoms. The molecular weight excluding hydrogens is 690 g/mol. The molecule has 0 radical (unpaired) electrons. The highest BCUT2D eigenvalue weighted by molar-refractivity contribution is 5.76. The molecule has 2 aliphatic heterocycles. The first-order valence-electron chi connectivity index (χ1n) is 19.7. The summed E-state index contributed by atoms with van der Waals surface area (Å²) in [5, 5.41) is 85.8. The molecule has 2 fully saturated rings. The fourth-order valence-electron chi connectivity index (χ4n) is 6.19. The van der Waals surface area contributed by atoms with E-state index < -0.39 is 86.8 Å². The minimum absolute atomic E-state index is 0.261. The number of unbranched alkanes of at least 4 members (excludes halogenated alkanes) is 10. The summed E-state index contributed by atoms with van der Waals surface area (Å²) < 4.78 is 22.4. The first kappa shape index (κ1) is 47.4. The van der Waals surface area contributed by atoms with Crippen molar-refractivity contribution in [2.45, 2.75) is 184 Å². The molecule has 14 nitrogen and oxygen atoms in total. The van der Waals surface area contributed by atoms with Gasteiger partial charge in [-0.25, -0.2) is 0 Å². The largest absolute Gasteiger partial charge is 0.394 e. The van der Waals surface area contributed by atoms with Crippen LogP contribution < -0.4 is 5.32 Å². The summed E-state index contributed by atoms with van der Waals surface area (Å²) >= 11 is 0. The molecule has 12 atom stereocenters. The van der Waals surface area contributed by atoms with E-state index in [1.807, 2.05) is 6.08 Å². The molecule has 2 rings (SSSR count). The summed E-state index contributed by atoms with van der Waals surface area (Å²) in [6, 6.07) is -0.929. The number of aliphatic hydroxyl groups excluding tert-OH is 8. The second kappa shape index (κ2) is 27.7. The van der Waals surface area contributed by atoms with Gasteiger partial charge < -0.3 is 65.1 Å². The van der Waals surface area contributed by atoms with Crippen molar-refractivity contribution in [1.82, 2.24) is 5.32 Å². The summed E-state index contributed by atoms with van der Waals surface area (Å²) in [7, 11) is 0. The smallest absolute Gasteiger partial charge is 0.220 e. The molecule has 0 aromatic rings. The Hall–Kier alpha value is -1.79. The molecule has 1 amide bonds. The van der Waals surface area contributed by atoms with Crippen molar-refractivity contribution in [3.05, 3.63) is 36.5 Å². The van der Waals surface area contributed by atoms with E-state index in [2.05, 4.69) is 43.5 Å². The zero-order valence-electron chi connectivity index (χ0n) is 31.7. The molecule has 14 heteroatoms. The first-order valence-corrected chi connectivity index (χ1v) is 19.7. The van der Waals surface area contributed by atoms with Gasteiger partial charge in [0.1, 0.15) is 48.8 Å². The molecule has 2 saturated heterocycles. The van der Waals surface area contributed by atoms with E-state index in [-0.39, 0.29) is 18.9 Å². The first-order chi connectivity index (χ1) is 25.6. The average molecular weight is 760 g/mol. The second-order valence-corrected chi connectivity index (χ2v) is 14.0. The molecule has 0 bridgehead atoms. The number of ether oxygens (including phenoxy) is 4. The van der Waals surface area contributed by atoms with Gasteiger partial charge in [-0.05, 0) is 51.4 Å². The number of allylic oxidation sites excluding steroid dienone is 5. The van der Waals surface area contributed by atoms with Crippen molar-refractivity contribution >= 4 is 5.91 Å². The van der Waals surface area contributed by atoms with Crippen LogP contribution in [0.5, 0.6) is 0 Å². The predicted molar refractivity (Wildman–Crippen MR) is 198 cm³/mol. The molecule has 9 N–H and O–H groups in total. The van der Waals surface area contributed by atoms with Gasteiger partial charge in [-0.1, -0.05) is 88.8 Å². The lowest BCUT2D eigenvalue weighted by Gasteiger charge is -2.46.